The molecule has 0 amide bonds. The molecular weight excluding hydrogens is 122 g/mol. The minimum absolute atomic E-state index is 0.794. The summed E-state index contributed by atoms with van der Waals surface area (Å²) in [5.74, 6) is 0.887. The molecule has 0 N–H and O–H groups in total. The molecule has 0 saturated heterocycles. The first-order valence-corrected chi connectivity index (χ1v) is 4.18. The van der Waals surface area contributed by atoms with E-state index in [1.165, 1.54) is 12.8 Å². The largest absolute Gasteiger partial charge is 0.375 e. The van der Waals surface area contributed by atoms with E-state index >= 15 is 0 Å². The van der Waals surface area contributed by atoms with E-state index in [0.29, 0.717) is 0 Å². The predicted molar refractivity (Wildman–Crippen MR) is 44.8 cm³/mol. The Hall–Kier alpha value is -0.460. The maximum Gasteiger partial charge on any atom is 0.0309 e. The highest BCUT2D eigenvalue weighted by molar-refractivity contribution is 4.89. The monoisotopic (exact) mass is 139 g/mol. The quantitative estimate of drug-likeness (QED) is 0.579. The minimum Gasteiger partial charge on any atom is -0.375 e. The van der Waals surface area contributed by atoms with Gasteiger partial charge in [0.15, 0.2) is 0 Å². The second-order valence-corrected chi connectivity index (χ2v) is 3.14. The van der Waals surface area contributed by atoms with Gasteiger partial charge in [0.05, 0.1) is 0 Å². The van der Waals surface area contributed by atoms with E-state index in [2.05, 4.69) is 25.3 Å². The van der Waals surface area contributed by atoms with E-state index in [9.17, 15) is 0 Å². The molecule has 0 aromatic carbocycles. The van der Waals surface area contributed by atoms with Crippen LogP contribution in [0.4, 0.5) is 0 Å². The van der Waals surface area contributed by atoms with Crippen molar-refractivity contribution in [3.63, 3.8) is 0 Å². The van der Waals surface area contributed by atoms with Crippen LogP contribution in [-0.2, 0) is 0 Å². The van der Waals surface area contributed by atoms with Gasteiger partial charge in [-0.15, -0.1) is 0 Å². The Bertz CT molecular complexity index is 120. The van der Waals surface area contributed by atoms with Crippen molar-refractivity contribution in [2.75, 3.05) is 6.54 Å². The first-order chi connectivity index (χ1) is 4.79. The molecule has 1 nitrogen and oxygen atoms in total. The molecule has 0 bridgehead atoms. The van der Waals surface area contributed by atoms with Gasteiger partial charge in [-0.3, -0.25) is 0 Å². The van der Waals surface area contributed by atoms with Gasteiger partial charge in [-0.25, -0.2) is 0 Å². The average Bonchev–Trinajstić information content (AvgIpc) is 1.96. The fourth-order valence-electron chi connectivity index (χ4n) is 1.64. The van der Waals surface area contributed by atoms with Crippen LogP contribution in [-0.4, -0.2) is 17.5 Å². The van der Waals surface area contributed by atoms with Gasteiger partial charge in [-0.1, -0.05) is 13.5 Å². The molecule has 2 atom stereocenters. The molecule has 0 aromatic heterocycles. The molecule has 10 heavy (non-hydrogen) atoms. The molecule has 0 heterocycles. The van der Waals surface area contributed by atoms with E-state index in [0.717, 1.165) is 18.5 Å². The highest BCUT2D eigenvalue weighted by atomic mass is 15.1. The highest BCUT2D eigenvalue weighted by Crippen LogP contribution is 2.31. The standard InChI is InChI=1S/C9H17N/c1-4-10(5-2)9-7-6-8(9)3/h4,8-9H,1,5-7H2,2-3H3. The summed E-state index contributed by atoms with van der Waals surface area (Å²) in [6.07, 6.45) is 4.73. The van der Waals surface area contributed by atoms with Crippen LogP contribution in [0, 0.1) is 5.92 Å². The number of rotatable bonds is 3. The summed E-state index contributed by atoms with van der Waals surface area (Å²) >= 11 is 0. The first kappa shape index (κ1) is 7.64. The molecule has 1 heteroatoms. The number of hydrogen-bond acceptors (Lipinski definition) is 1. The van der Waals surface area contributed by atoms with E-state index in [4.69, 9.17) is 0 Å². The lowest BCUT2D eigenvalue weighted by molar-refractivity contribution is 0.120. The summed E-state index contributed by atoms with van der Waals surface area (Å²) in [6.45, 7) is 9.41. The van der Waals surface area contributed by atoms with Gasteiger partial charge in [0, 0.05) is 12.6 Å². The molecule has 0 radical (unpaired) electrons. The van der Waals surface area contributed by atoms with Gasteiger partial charge in [-0.2, -0.15) is 0 Å². The van der Waals surface area contributed by atoms with Crippen LogP contribution in [0.2, 0.25) is 0 Å². The number of hydrogen-bond donors (Lipinski definition) is 0. The fraction of sp³-hybridized carbons (Fsp3) is 0.778. The maximum absolute atomic E-state index is 3.80. The lowest BCUT2D eigenvalue weighted by atomic mass is 9.80. The molecule has 1 rings (SSSR count). The summed E-state index contributed by atoms with van der Waals surface area (Å²) in [7, 11) is 0. The molecule has 58 valence electrons. The van der Waals surface area contributed by atoms with Crippen molar-refractivity contribution in [2.24, 2.45) is 5.92 Å². The molecule has 1 fully saturated rings. The summed E-state index contributed by atoms with van der Waals surface area (Å²) in [6, 6.07) is 0.794. The average molecular weight is 139 g/mol. The third-order valence-electron chi connectivity index (χ3n) is 2.60. The smallest absolute Gasteiger partial charge is 0.0309 e. The first-order valence-electron chi connectivity index (χ1n) is 4.18. The Morgan fingerprint density at radius 3 is 2.40 bits per heavy atom. The van der Waals surface area contributed by atoms with Crippen LogP contribution in [0.15, 0.2) is 12.8 Å². The Morgan fingerprint density at radius 1 is 1.60 bits per heavy atom. The Morgan fingerprint density at radius 2 is 2.30 bits per heavy atom. The van der Waals surface area contributed by atoms with Gasteiger partial charge in [0.25, 0.3) is 0 Å². The van der Waals surface area contributed by atoms with E-state index in [1.807, 2.05) is 6.20 Å². The maximum atomic E-state index is 3.80. The van der Waals surface area contributed by atoms with Crippen LogP contribution >= 0.6 is 0 Å². The van der Waals surface area contributed by atoms with Crippen LogP contribution in [0.5, 0.6) is 0 Å². The van der Waals surface area contributed by atoms with Gasteiger partial charge < -0.3 is 4.90 Å². The molecule has 1 aliphatic carbocycles. The molecular formula is C9H17N. The van der Waals surface area contributed by atoms with Crippen LogP contribution in [0.25, 0.3) is 0 Å². The van der Waals surface area contributed by atoms with E-state index < -0.39 is 0 Å². The van der Waals surface area contributed by atoms with Gasteiger partial charge in [-0.05, 0) is 31.9 Å². The third-order valence-corrected chi connectivity index (χ3v) is 2.60. The topological polar surface area (TPSA) is 3.24 Å². The lowest BCUT2D eigenvalue weighted by Gasteiger charge is -2.41. The summed E-state index contributed by atoms with van der Waals surface area (Å²) in [5.41, 5.74) is 0. The second-order valence-electron chi connectivity index (χ2n) is 3.14. The van der Waals surface area contributed by atoms with Crippen molar-refractivity contribution < 1.29 is 0 Å². The minimum atomic E-state index is 0.794. The zero-order chi connectivity index (χ0) is 7.56. The summed E-state index contributed by atoms with van der Waals surface area (Å²) in [4.78, 5) is 2.34. The zero-order valence-corrected chi connectivity index (χ0v) is 7.01. The van der Waals surface area contributed by atoms with Gasteiger partial charge >= 0.3 is 0 Å². The van der Waals surface area contributed by atoms with Gasteiger partial charge in [0.2, 0.25) is 0 Å². The van der Waals surface area contributed by atoms with Crippen LogP contribution in [0.3, 0.4) is 0 Å². The predicted octanol–water partition coefficient (Wildman–Crippen LogP) is 2.25. The number of nitrogens with zero attached hydrogens (tertiary/aromatic N) is 1. The van der Waals surface area contributed by atoms with Crippen molar-refractivity contribution in [1.29, 1.82) is 0 Å². The van der Waals surface area contributed by atoms with Crippen molar-refractivity contribution in [3.8, 4) is 0 Å². The lowest BCUT2D eigenvalue weighted by Crippen LogP contribution is -2.42. The van der Waals surface area contributed by atoms with Crippen LogP contribution < -0.4 is 0 Å². The van der Waals surface area contributed by atoms with Crippen molar-refractivity contribution in [3.05, 3.63) is 12.8 Å². The molecule has 0 aromatic rings. The molecule has 2 unspecified atom stereocenters. The Labute approximate surface area is 63.7 Å². The Balaban J connectivity index is 2.38. The van der Waals surface area contributed by atoms with Crippen molar-refractivity contribution >= 4 is 0 Å². The molecule has 1 saturated carbocycles. The van der Waals surface area contributed by atoms with Crippen LogP contribution in [0.1, 0.15) is 26.7 Å². The van der Waals surface area contributed by atoms with Crippen molar-refractivity contribution in [2.45, 2.75) is 32.7 Å². The molecule has 0 spiro atoms. The summed E-state index contributed by atoms with van der Waals surface area (Å²) in [5, 5.41) is 0. The van der Waals surface area contributed by atoms with Gasteiger partial charge in [0.1, 0.15) is 0 Å². The zero-order valence-electron chi connectivity index (χ0n) is 7.01. The Kier molecular flexibility index (Phi) is 2.36. The molecule has 0 aliphatic heterocycles. The van der Waals surface area contributed by atoms with Crippen molar-refractivity contribution in [1.82, 2.24) is 4.90 Å². The molecule has 1 aliphatic rings. The second kappa shape index (κ2) is 3.09. The SMILES string of the molecule is C=CN(CC)C1CCC1C. The van der Waals surface area contributed by atoms with E-state index in [1.54, 1.807) is 0 Å². The normalized spacial score (nSPS) is 31.0. The highest BCUT2D eigenvalue weighted by Gasteiger charge is 2.29. The third kappa shape index (κ3) is 1.18. The van der Waals surface area contributed by atoms with E-state index in [-0.39, 0.29) is 0 Å². The summed E-state index contributed by atoms with van der Waals surface area (Å²) < 4.78 is 0. The fourth-order valence-corrected chi connectivity index (χ4v) is 1.64.